The van der Waals surface area contributed by atoms with E-state index in [2.05, 4.69) is 9.72 Å². The highest BCUT2D eigenvalue weighted by atomic mass is 16.5. The molecule has 0 fully saturated rings. The van der Waals surface area contributed by atoms with Crippen LogP contribution in [-0.4, -0.2) is 22.6 Å². The van der Waals surface area contributed by atoms with Gasteiger partial charge in [-0.05, 0) is 18.2 Å². The Morgan fingerprint density at radius 2 is 2.12 bits per heavy atom. The molecule has 0 N–H and O–H groups in total. The maximum absolute atomic E-state index is 12.7. The minimum Gasteiger partial charge on any atom is -0.463 e. The van der Waals surface area contributed by atoms with Gasteiger partial charge in [0.25, 0.3) is 5.56 Å². The van der Waals surface area contributed by atoms with Crippen molar-refractivity contribution in [3.63, 3.8) is 0 Å². The molecule has 7 nitrogen and oxygen atoms in total. The minimum absolute atomic E-state index is 0.0640. The first-order valence-corrected chi connectivity index (χ1v) is 7.20. The molecule has 0 unspecified atom stereocenters. The number of para-hydroxylation sites is 1. The lowest BCUT2D eigenvalue weighted by Gasteiger charge is -2.04. The normalized spacial score (nSPS) is 11.2. The van der Waals surface area contributed by atoms with E-state index in [1.807, 2.05) is 18.2 Å². The zero-order chi connectivity index (χ0) is 16.7. The largest absolute Gasteiger partial charge is 0.463 e. The van der Waals surface area contributed by atoms with Crippen LogP contribution >= 0.6 is 0 Å². The van der Waals surface area contributed by atoms with Crippen LogP contribution in [0.25, 0.3) is 22.1 Å². The van der Waals surface area contributed by atoms with Crippen molar-refractivity contribution < 1.29 is 18.4 Å². The molecule has 0 saturated carbocycles. The summed E-state index contributed by atoms with van der Waals surface area (Å²) in [5.74, 6) is -0.532. The van der Waals surface area contributed by atoms with Crippen molar-refractivity contribution in [3.05, 3.63) is 64.6 Å². The van der Waals surface area contributed by atoms with E-state index in [4.69, 9.17) is 8.83 Å². The Morgan fingerprint density at radius 1 is 1.29 bits per heavy atom. The number of carbonyl (C=O) groups excluding carboxylic acids is 1. The van der Waals surface area contributed by atoms with E-state index in [0.717, 1.165) is 5.39 Å². The van der Waals surface area contributed by atoms with Crippen molar-refractivity contribution in [1.82, 2.24) is 9.55 Å². The van der Waals surface area contributed by atoms with Crippen LogP contribution in [0.2, 0.25) is 0 Å². The smallest absolute Gasteiger partial charge is 0.374 e. The number of methoxy groups -OCH3 is 1. The standard InChI is InChI=1S/C17H12N2O5/c1-22-17(21)14-10(6-7-23-14)8-19-9-18-13-11-4-2-3-5-12(11)24-15(13)16(19)20/h2-7,9H,8H2,1H3. The van der Waals surface area contributed by atoms with Gasteiger partial charge in [0.05, 0.1) is 26.2 Å². The van der Waals surface area contributed by atoms with Crippen molar-refractivity contribution >= 4 is 28.0 Å². The second-order valence-electron chi connectivity index (χ2n) is 5.22. The zero-order valence-corrected chi connectivity index (χ0v) is 12.7. The molecule has 0 radical (unpaired) electrons. The van der Waals surface area contributed by atoms with Crippen molar-refractivity contribution in [2.24, 2.45) is 0 Å². The maximum Gasteiger partial charge on any atom is 0.374 e. The van der Waals surface area contributed by atoms with E-state index >= 15 is 0 Å². The summed E-state index contributed by atoms with van der Waals surface area (Å²) in [6, 6.07) is 8.94. The molecule has 24 heavy (non-hydrogen) atoms. The summed E-state index contributed by atoms with van der Waals surface area (Å²) < 4.78 is 16.8. The van der Waals surface area contributed by atoms with E-state index in [0.29, 0.717) is 16.7 Å². The lowest BCUT2D eigenvalue weighted by Crippen LogP contribution is -2.21. The number of nitrogens with zero attached hydrogens (tertiary/aromatic N) is 2. The molecule has 0 aliphatic rings. The summed E-state index contributed by atoms with van der Waals surface area (Å²) in [4.78, 5) is 28.6. The molecule has 0 aliphatic heterocycles. The van der Waals surface area contributed by atoms with Crippen LogP contribution in [0.5, 0.6) is 0 Å². The van der Waals surface area contributed by atoms with Crippen molar-refractivity contribution in [2.45, 2.75) is 6.54 Å². The number of fused-ring (bicyclic) bond motifs is 3. The highest BCUT2D eigenvalue weighted by Gasteiger charge is 2.18. The monoisotopic (exact) mass is 324 g/mol. The van der Waals surface area contributed by atoms with Gasteiger partial charge < -0.3 is 13.6 Å². The molecule has 0 amide bonds. The molecule has 1 aromatic carbocycles. The summed E-state index contributed by atoms with van der Waals surface area (Å²) >= 11 is 0. The van der Waals surface area contributed by atoms with Gasteiger partial charge in [-0.25, -0.2) is 9.78 Å². The molecule has 0 aliphatic carbocycles. The van der Waals surface area contributed by atoms with Crippen LogP contribution in [0.1, 0.15) is 16.1 Å². The average molecular weight is 324 g/mol. The van der Waals surface area contributed by atoms with E-state index in [1.165, 1.54) is 24.3 Å². The van der Waals surface area contributed by atoms with Crippen LogP contribution in [0.4, 0.5) is 0 Å². The van der Waals surface area contributed by atoms with Crippen LogP contribution in [-0.2, 0) is 11.3 Å². The third-order valence-electron chi connectivity index (χ3n) is 3.81. The molecular formula is C17H12N2O5. The second-order valence-corrected chi connectivity index (χ2v) is 5.22. The van der Waals surface area contributed by atoms with Crippen LogP contribution < -0.4 is 5.56 Å². The molecule has 0 spiro atoms. The first-order valence-electron chi connectivity index (χ1n) is 7.20. The van der Waals surface area contributed by atoms with Gasteiger partial charge in [0.1, 0.15) is 11.1 Å². The summed E-state index contributed by atoms with van der Waals surface area (Å²) in [6.07, 6.45) is 2.81. The second kappa shape index (κ2) is 5.38. The molecule has 4 aromatic rings. The molecule has 7 heteroatoms. The molecule has 0 bridgehead atoms. The fourth-order valence-electron chi connectivity index (χ4n) is 2.64. The van der Waals surface area contributed by atoms with E-state index in [1.54, 1.807) is 12.1 Å². The van der Waals surface area contributed by atoms with Gasteiger partial charge in [0, 0.05) is 10.9 Å². The van der Waals surface area contributed by atoms with Gasteiger partial charge in [-0.1, -0.05) is 12.1 Å². The number of aromatic nitrogens is 2. The highest BCUT2D eigenvalue weighted by molar-refractivity contribution is 6.01. The number of carbonyl (C=O) groups is 1. The molecule has 120 valence electrons. The Bertz CT molecular complexity index is 1120. The first kappa shape index (κ1) is 14.3. The predicted molar refractivity (Wildman–Crippen MR) is 84.9 cm³/mol. The van der Waals surface area contributed by atoms with Crippen molar-refractivity contribution in [1.29, 1.82) is 0 Å². The predicted octanol–water partition coefficient (Wildman–Crippen LogP) is 2.57. The highest BCUT2D eigenvalue weighted by Crippen LogP contribution is 2.24. The Morgan fingerprint density at radius 3 is 2.96 bits per heavy atom. The van der Waals surface area contributed by atoms with Crippen LogP contribution in [0, 0.1) is 0 Å². The lowest BCUT2D eigenvalue weighted by molar-refractivity contribution is 0.0563. The fourth-order valence-corrected chi connectivity index (χ4v) is 2.64. The summed E-state index contributed by atoms with van der Waals surface area (Å²) in [7, 11) is 1.27. The van der Waals surface area contributed by atoms with E-state index < -0.39 is 5.97 Å². The number of ether oxygens (including phenoxy) is 1. The SMILES string of the molecule is COC(=O)c1occc1Cn1cnc2c(oc3ccccc32)c1=O. The lowest BCUT2D eigenvalue weighted by atomic mass is 10.2. The summed E-state index contributed by atoms with van der Waals surface area (Å²) in [5, 5.41) is 0.787. The Balaban J connectivity index is 1.82. The number of furan rings is 2. The quantitative estimate of drug-likeness (QED) is 0.538. The average Bonchev–Trinajstić information content (AvgIpc) is 3.21. The van der Waals surface area contributed by atoms with Gasteiger partial charge in [-0.2, -0.15) is 0 Å². The third-order valence-corrected chi connectivity index (χ3v) is 3.81. The van der Waals surface area contributed by atoms with Gasteiger partial charge in [0.15, 0.2) is 0 Å². The summed E-state index contributed by atoms with van der Waals surface area (Å²) in [5.41, 5.74) is 1.51. The molecular weight excluding hydrogens is 312 g/mol. The van der Waals surface area contributed by atoms with Crippen LogP contribution in [0.3, 0.4) is 0 Å². The maximum atomic E-state index is 12.7. The zero-order valence-electron chi connectivity index (χ0n) is 12.7. The minimum atomic E-state index is -0.596. The van der Waals surface area contributed by atoms with E-state index in [9.17, 15) is 9.59 Å². The molecule has 4 rings (SSSR count). The van der Waals surface area contributed by atoms with Gasteiger partial charge in [-0.15, -0.1) is 0 Å². The number of rotatable bonds is 3. The molecule has 3 heterocycles. The fraction of sp³-hybridized carbons (Fsp3) is 0.118. The van der Waals surface area contributed by atoms with Gasteiger partial charge in [-0.3, -0.25) is 9.36 Å². The van der Waals surface area contributed by atoms with Gasteiger partial charge in [0.2, 0.25) is 11.3 Å². The Kier molecular flexibility index (Phi) is 3.19. The molecule has 0 atom stereocenters. The number of esters is 1. The number of benzene rings is 1. The number of hydrogen-bond acceptors (Lipinski definition) is 6. The molecule has 3 aromatic heterocycles. The van der Waals surface area contributed by atoms with Gasteiger partial charge >= 0.3 is 5.97 Å². The Hall–Kier alpha value is -3.35. The van der Waals surface area contributed by atoms with Crippen molar-refractivity contribution in [3.8, 4) is 0 Å². The van der Waals surface area contributed by atoms with Crippen LogP contribution in [0.15, 0.2) is 56.6 Å². The topological polar surface area (TPSA) is 87.5 Å². The summed E-state index contributed by atoms with van der Waals surface area (Å²) in [6.45, 7) is 0.125. The first-order chi connectivity index (χ1) is 11.7. The Labute approximate surface area is 135 Å². The molecule has 0 saturated heterocycles. The van der Waals surface area contributed by atoms with Crippen molar-refractivity contribution in [2.75, 3.05) is 7.11 Å². The van der Waals surface area contributed by atoms with E-state index in [-0.39, 0.29) is 23.4 Å². The third kappa shape index (κ3) is 2.10. The number of hydrogen-bond donors (Lipinski definition) is 0.